The number of allylic oxidation sites excluding steroid dienone is 1. The van der Waals surface area contributed by atoms with E-state index in [4.69, 9.17) is 0 Å². The number of nitrogens with zero attached hydrogens (tertiary/aromatic N) is 3. The highest BCUT2D eigenvalue weighted by Gasteiger charge is 2.38. The van der Waals surface area contributed by atoms with Crippen LogP contribution in [0.5, 0.6) is 0 Å². The zero-order valence-electron chi connectivity index (χ0n) is 23.3. The third-order valence-electron chi connectivity index (χ3n) is 6.76. The van der Waals surface area contributed by atoms with Crippen LogP contribution >= 0.6 is 0 Å². The van der Waals surface area contributed by atoms with Crippen molar-refractivity contribution in [1.82, 2.24) is 14.9 Å². The summed E-state index contributed by atoms with van der Waals surface area (Å²) in [6.45, 7) is 1.52. The molecule has 0 spiro atoms. The van der Waals surface area contributed by atoms with Crippen molar-refractivity contribution in [3.8, 4) is 17.2 Å². The average Bonchev–Trinajstić information content (AvgIpc) is 2.96. The van der Waals surface area contributed by atoms with Gasteiger partial charge in [0, 0.05) is 18.8 Å². The number of imide groups is 1. The lowest BCUT2D eigenvalue weighted by molar-refractivity contribution is -0.137. The van der Waals surface area contributed by atoms with E-state index < -0.39 is 33.8 Å². The summed E-state index contributed by atoms with van der Waals surface area (Å²) in [6, 6.07) is 18.8. The lowest BCUT2D eigenvalue weighted by Gasteiger charge is -2.37. The van der Waals surface area contributed by atoms with Crippen LogP contribution in [-0.2, 0) is 16.2 Å². The lowest BCUT2D eigenvalue weighted by atomic mass is 9.91. The molecule has 0 atom stereocenters. The first-order valence-electron chi connectivity index (χ1n) is 13.1. The second kappa shape index (κ2) is 12.7. The Kier molecular flexibility index (Phi) is 9.22. The molecule has 1 heterocycles. The first-order valence-corrected chi connectivity index (χ1v) is 15.0. The SMILES string of the molecule is CC1=C(c2ccccc2-c2ccc(C#N)cc2)CN(C(=O)NCCCNS(C)(=O)=O)C(=O)N1c1cccc(C(F)(F)F)c1. The predicted molar refractivity (Wildman–Crippen MR) is 156 cm³/mol. The Hall–Kier alpha value is -4.67. The molecule has 43 heavy (non-hydrogen) atoms. The number of nitrogens with one attached hydrogen (secondary N) is 2. The number of anilines is 1. The number of alkyl halides is 3. The summed E-state index contributed by atoms with van der Waals surface area (Å²) in [5.41, 5.74) is 2.43. The summed E-state index contributed by atoms with van der Waals surface area (Å²) in [4.78, 5) is 29.0. The van der Waals surface area contributed by atoms with Crippen LogP contribution in [0.25, 0.3) is 16.7 Å². The summed E-state index contributed by atoms with van der Waals surface area (Å²) < 4.78 is 65.7. The third kappa shape index (κ3) is 7.40. The molecule has 0 aliphatic carbocycles. The van der Waals surface area contributed by atoms with Crippen molar-refractivity contribution in [2.45, 2.75) is 19.5 Å². The van der Waals surface area contributed by atoms with Crippen molar-refractivity contribution in [2.24, 2.45) is 0 Å². The summed E-state index contributed by atoms with van der Waals surface area (Å²) in [5.74, 6) is 0. The molecule has 3 aromatic rings. The quantitative estimate of drug-likeness (QED) is 0.323. The van der Waals surface area contributed by atoms with Crippen molar-refractivity contribution in [1.29, 1.82) is 5.26 Å². The zero-order valence-corrected chi connectivity index (χ0v) is 24.1. The van der Waals surface area contributed by atoms with E-state index in [1.165, 1.54) is 12.1 Å². The number of nitriles is 1. The molecule has 0 radical (unpaired) electrons. The van der Waals surface area contributed by atoms with Gasteiger partial charge in [0.05, 0.1) is 35.7 Å². The van der Waals surface area contributed by atoms with Crippen LogP contribution < -0.4 is 14.9 Å². The fourth-order valence-electron chi connectivity index (χ4n) is 4.66. The van der Waals surface area contributed by atoms with E-state index >= 15 is 0 Å². The van der Waals surface area contributed by atoms with Crippen LogP contribution in [0.2, 0.25) is 0 Å². The maximum absolute atomic E-state index is 13.7. The highest BCUT2D eigenvalue weighted by atomic mass is 32.2. The molecule has 0 bridgehead atoms. The molecule has 2 N–H and O–H groups in total. The van der Waals surface area contributed by atoms with Crippen LogP contribution in [0.15, 0.2) is 78.5 Å². The Labute approximate surface area is 247 Å². The first kappa shape index (κ1) is 31.3. The van der Waals surface area contributed by atoms with E-state index in [1.807, 2.05) is 6.07 Å². The molecule has 0 aromatic heterocycles. The number of carbonyl (C=O) groups excluding carboxylic acids is 2. The van der Waals surface area contributed by atoms with Crippen molar-refractivity contribution in [2.75, 3.05) is 30.8 Å². The van der Waals surface area contributed by atoms with Gasteiger partial charge < -0.3 is 5.32 Å². The molecule has 0 saturated heterocycles. The number of carbonyl (C=O) groups is 2. The maximum Gasteiger partial charge on any atom is 0.416 e. The number of benzene rings is 3. The van der Waals surface area contributed by atoms with Crippen molar-refractivity contribution >= 4 is 33.3 Å². The number of amides is 4. The Bertz CT molecular complexity index is 1710. The molecule has 13 heteroatoms. The maximum atomic E-state index is 13.7. The topological polar surface area (TPSA) is 123 Å². The van der Waals surface area contributed by atoms with Crippen LogP contribution in [0.4, 0.5) is 28.4 Å². The number of sulfonamides is 1. The predicted octanol–water partition coefficient (Wildman–Crippen LogP) is 5.57. The molecular formula is C30H28F3N5O4S. The number of hydrogen-bond donors (Lipinski definition) is 2. The normalized spacial score (nSPS) is 14.1. The van der Waals surface area contributed by atoms with Gasteiger partial charge in [0.15, 0.2) is 0 Å². The van der Waals surface area contributed by atoms with Crippen LogP contribution in [0.3, 0.4) is 0 Å². The van der Waals surface area contributed by atoms with Crippen LogP contribution in [-0.4, -0.2) is 51.3 Å². The summed E-state index contributed by atoms with van der Waals surface area (Å²) in [7, 11) is -3.42. The minimum absolute atomic E-state index is 0.0363. The molecule has 4 amide bonds. The van der Waals surface area contributed by atoms with Gasteiger partial charge in [-0.25, -0.2) is 27.6 Å². The number of urea groups is 2. The van der Waals surface area contributed by atoms with Crippen molar-refractivity contribution in [3.05, 3.63) is 95.2 Å². The minimum Gasteiger partial charge on any atom is -0.338 e. The van der Waals surface area contributed by atoms with Gasteiger partial charge in [-0.15, -0.1) is 0 Å². The summed E-state index contributed by atoms with van der Waals surface area (Å²) >= 11 is 0. The molecule has 3 aromatic carbocycles. The monoisotopic (exact) mass is 611 g/mol. The number of halogens is 3. The Morgan fingerprint density at radius 1 is 1.00 bits per heavy atom. The van der Waals surface area contributed by atoms with E-state index in [1.54, 1.807) is 49.4 Å². The fraction of sp³-hybridized carbons (Fsp3) is 0.233. The standard InChI is InChI=1S/C30H28F3N5O4S/c1-20-27(26-10-4-3-9-25(26)22-13-11-21(18-34)12-14-22)19-37(28(39)35-15-6-16-36-43(2,41)42)29(40)38(20)24-8-5-7-23(17-24)30(31,32)33/h3-5,7-14,17,36H,6,15-16,19H2,1-2H3,(H,35,39). The molecule has 0 unspecified atom stereocenters. The molecule has 0 saturated carbocycles. The van der Waals surface area contributed by atoms with Gasteiger partial charge in [-0.2, -0.15) is 18.4 Å². The molecule has 9 nitrogen and oxygen atoms in total. The van der Waals surface area contributed by atoms with Gasteiger partial charge in [0.1, 0.15) is 0 Å². The second-order valence-corrected chi connectivity index (χ2v) is 11.6. The zero-order chi connectivity index (χ0) is 31.4. The Morgan fingerprint density at radius 2 is 1.67 bits per heavy atom. The molecule has 224 valence electrons. The van der Waals surface area contributed by atoms with E-state index in [0.29, 0.717) is 22.4 Å². The summed E-state index contributed by atoms with van der Waals surface area (Å²) in [5, 5.41) is 11.8. The number of rotatable bonds is 8. The fourth-order valence-corrected chi connectivity index (χ4v) is 5.18. The largest absolute Gasteiger partial charge is 0.416 e. The molecule has 1 aliphatic rings. The van der Waals surface area contributed by atoms with E-state index in [0.717, 1.165) is 39.3 Å². The molecule has 0 fully saturated rings. The van der Waals surface area contributed by atoms with Crippen LogP contribution in [0, 0.1) is 11.3 Å². The van der Waals surface area contributed by atoms with Gasteiger partial charge >= 0.3 is 18.2 Å². The van der Waals surface area contributed by atoms with E-state index in [2.05, 4.69) is 16.1 Å². The smallest absolute Gasteiger partial charge is 0.338 e. The Balaban J connectivity index is 1.76. The first-order chi connectivity index (χ1) is 20.3. The minimum atomic E-state index is -4.66. The summed E-state index contributed by atoms with van der Waals surface area (Å²) in [6.07, 6.45) is -3.41. The molecule has 4 rings (SSSR count). The molecular weight excluding hydrogens is 583 g/mol. The van der Waals surface area contributed by atoms with Crippen molar-refractivity contribution < 1.29 is 31.2 Å². The number of hydrogen-bond acceptors (Lipinski definition) is 5. The van der Waals surface area contributed by atoms with E-state index in [-0.39, 0.29) is 31.7 Å². The average molecular weight is 612 g/mol. The van der Waals surface area contributed by atoms with E-state index in [9.17, 15) is 36.4 Å². The lowest BCUT2D eigenvalue weighted by Crippen LogP contribution is -2.53. The highest BCUT2D eigenvalue weighted by molar-refractivity contribution is 7.88. The van der Waals surface area contributed by atoms with Crippen LogP contribution in [0.1, 0.15) is 30.0 Å². The van der Waals surface area contributed by atoms with Crippen molar-refractivity contribution in [3.63, 3.8) is 0 Å². The van der Waals surface area contributed by atoms with Gasteiger partial charge in [0.2, 0.25) is 10.0 Å². The Morgan fingerprint density at radius 3 is 2.30 bits per heavy atom. The van der Waals surface area contributed by atoms with Gasteiger partial charge in [-0.05, 0) is 65.9 Å². The second-order valence-electron chi connectivity index (χ2n) is 9.80. The van der Waals surface area contributed by atoms with Gasteiger partial charge in [0.25, 0.3) is 0 Å². The van der Waals surface area contributed by atoms with Gasteiger partial charge in [-0.1, -0.05) is 42.5 Å². The molecule has 1 aliphatic heterocycles. The third-order valence-corrected chi connectivity index (χ3v) is 7.49. The van der Waals surface area contributed by atoms with Gasteiger partial charge in [-0.3, -0.25) is 4.90 Å². The highest BCUT2D eigenvalue weighted by Crippen LogP contribution is 2.38.